The van der Waals surface area contributed by atoms with Gasteiger partial charge in [0.25, 0.3) is 0 Å². The van der Waals surface area contributed by atoms with Crippen LogP contribution in [0.25, 0.3) is 0 Å². The van der Waals surface area contributed by atoms with Crippen molar-refractivity contribution in [1.82, 2.24) is 9.80 Å². The highest BCUT2D eigenvalue weighted by molar-refractivity contribution is 7.11. The summed E-state index contributed by atoms with van der Waals surface area (Å²) in [4.78, 5) is 31.3. The van der Waals surface area contributed by atoms with E-state index in [2.05, 4.69) is 0 Å². The molecular formula is C23H29FN2O2S. The van der Waals surface area contributed by atoms with Gasteiger partial charge in [-0.15, -0.1) is 11.3 Å². The van der Waals surface area contributed by atoms with Crippen LogP contribution in [0.1, 0.15) is 54.3 Å². The molecule has 6 heteroatoms. The van der Waals surface area contributed by atoms with Gasteiger partial charge in [0.1, 0.15) is 12.4 Å². The van der Waals surface area contributed by atoms with Crippen molar-refractivity contribution in [3.63, 3.8) is 0 Å². The first-order chi connectivity index (χ1) is 13.9. The van der Waals surface area contributed by atoms with Crippen LogP contribution in [-0.2, 0) is 22.7 Å². The lowest BCUT2D eigenvalue weighted by molar-refractivity contribution is -0.142. The predicted octanol–water partition coefficient (Wildman–Crippen LogP) is 4.91. The number of thiophene rings is 1. The highest BCUT2D eigenvalue weighted by Crippen LogP contribution is 2.24. The van der Waals surface area contributed by atoms with Crippen molar-refractivity contribution in [3.8, 4) is 0 Å². The van der Waals surface area contributed by atoms with Crippen LogP contribution in [0.2, 0.25) is 0 Å². The van der Waals surface area contributed by atoms with Crippen LogP contribution in [0.15, 0.2) is 36.4 Å². The number of hydrogen-bond donors (Lipinski definition) is 0. The number of aryl methyl sites for hydroxylation is 1. The van der Waals surface area contributed by atoms with Crippen LogP contribution in [0.3, 0.4) is 0 Å². The molecule has 0 aliphatic heterocycles. The molecule has 1 aromatic carbocycles. The molecule has 0 unspecified atom stereocenters. The van der Waals surface area contributed by atoms with Gasteiger partial charge >= 0.3 is 0 Å². The molecule has 1 aliphatic rings. The van der Waals surface area contributed by atoms with Crippen molar-refractivity contribution >= 4 is 23.2 Å². The average molecular weight is 417 g/mol. The molecule has 0 radical (unpaired) electrons. The second kappa shape index (κ2) is 10.0. The standard InChI is InChI=1S/C23H29FN2O2S/c1-17-8-13-22(29-17)15-25(14-19-9-11-20(24)12-10-19)23(28)16-26(18(2)27)21-6-4-3-5-7-21/h8-13,21H,3-7,14-16H2,1-2H3. The van der Waals surface area contributed by atoms with Crippen LogP contribution in [0.4, 0.5) is 4.39 Å². The molecule has 1 aromatic heterocycles. The summed E-state index contributed by atoms with van der Waals surface area (Å²) in [5.41, 5.74) is 0.875. The summed E-state index contributed by atoms with van der Waals surface area (Å²) in [7, 11) is 0. The Kier molecular flexibility index (Phi) is 7.42. The minimum atomic E-state index is -0.291. The van der Waals surface area contributed by atoms with Crippen molar-refractivity contribution < 1.29 is 14.0 Å². The maximum absolute atomic E-state index is 13.3. The lowest BCUT2D eigenvalue weighted by atomic mass is 9.94. The van der Waals surface area contributed by atoms with E-state index in [1.165, 1.54) is 23.4 Å². The number of nitrogens with zero attached hydrogens (tertiary/aromatic N) is 2. The minimum absolute atomic E-state index is 0.0426. The Morgan fingerprint density at radius 2 is 1.72 bits per heavy atom. The second-order valence-electron chi connectivity index (χ2n) is 7.83. The fourth-order valence-corrected chi connectivity index (χ4v) is 4.84. The fraction of sp³-hybridized carbons (Fsp3) is 0.478. The van der Waals surface area contributed by atoms with Crippen molar-refractivity contribution in [2.75, 3.05) is 6.54 Å². The maximum Gasteiger partial charge on any atom is 0.242 e. The quantitative estimate of drug-likeness (QED) is 0.644. The number of carbonyl (C=O) groups is 2. The Morgan fingerprint density at radius 1 is 1.03 bits per heavy atom. The highest BCUT2D eigenvalue weighted by Gasteiger charge is 2.27. The van der Waals surface area contributed by atoms with Crippen molar-refractivity contribution in [1.29, 1.82) is 0 Å². The third-order valence-electron chi connectivity index (χ3n) is 5.51. The van der Waals surface area contributed by atoms with Gasteiger partial charge in [-0.1, -0.05) is 31.4 Å². The van der Waals surface area contributed by atoms with E-state index < -0.39 is 0 Å². The number of halogens is 1. The lowest BCUT2D eigenvalue weighted by Gasteiger charge is -2.35. The van der Waals surface area contributed by atoms with Crippen LogP contribution < -0.4 is 0 Å². The molecule has 0 saturated heterocycles. The molecule has 0 spiro atoms. The first kappa shape index (κ1) is 21.5. The van der Waals surface area contributed by atoms with Gasteiger partial charge < -0.3 is 9.80 Å². The molecule has 4 nitrogen and oxygen atoms in total. The van der Waals surface area contributed by atoms with Gasteiger partial charge in [-0.2, -0.15) is 0 Å². The molecule has 1 fully saturated rings. The number of carbonyl (C=O) groups excluding carboxylic acids is 2. The van der Waals surface area contributed by atoms with Gasteiger partial charge in [-0.3, -0.25) is 9.59 Å². The van der Waals surface area contributed by atoms with E-state index >= 15 is 0 Å². The van der Waals surface area contributed by atoms with E-state index in [0.29, 0.717) is 13.1 Å². The number of hydrogen-bond acceptors (Lipinski definition) is 3. The van der Waals surface area contributed by atoms with Gasteiger partial charge in [0.15, 0.2) is 0 Å². The van der Waals surface area contributed by atoms with Gasteiger partial charge in [0.05, 0.1) is 6.54 Å². The summed E-state index contributed by atoms with van der Waals surface area (Å²) in [5, 5.41) is 0. The molecule has 3 rings (SSSR count). The monoisotopic (exact) mass is 416 g/mol. The van der Waals surface area contributed by atoms with E-state index in [0.717, 1.165) is 36.1 Å². The summed E-state index contributed by atoms with van der Waals surface area (Å²) < 4.78 is 13.3. The van der Waals surface area contributed by atoms with E-state index in [1.807, 2.05) is 19.1 Å². The van der Waals surface area contributed by atoms with Gasteiger partial charge in [-0.05, 0) is 49.6 Å². The van der Waals surface area contributed by atoms with E-state index in [9.17, 15) is 14.0 Å². The zero-order valence-electron chi connectivity index (χ0n) is 17.2. The fourth-order valence-electron chi connectivity index (χ4n) is 3.94. The Morgan fingerprint density at radius 3 is 2.31 bits per heavy atom. The predicted molar refractivity (Wildman–Crippen MR) is 114 cm³/mol. The normalized spacial score (nSPS) is 14.6. The van der Waals surface area contributed by atoms with Crippen molar-refractivity contribution in [2.24, 2.45) is 0 Å². The maximum atomic E-state index is 13.3. The summed E-state index contributed by atoms with van der Waals surface area (Å²) in [5.74, 6) is -0.402. The Labute approximate surface area is 176 Å². The zero-order valence-corrected chi connectivity index (χ0v) is 18.0. The second-order valence-corrected chi connectivity index (χ2v) is 9.20. The summed E-state index contributed by atoms with van der Waals surface area (Å²) in [6, 6.07) is 10.5. The average Bonchev–Trinajstić information content (AvgIpc) is 3.12. The van der Waals surface area contributed by atoms with E-state index in [4.69, 9.17) is 0 Å². The van der Waals surface area contributed by atoms with Gasteiger partial charge in [-0.25, -0.2) is 4.39 Å². The molecular weight excluding hydrogens is 387 g/mol. The SMILES string of the molecule is CC(=O)N(CC(=O)N(Cc1ccc(F)cc1)Cc1ccc(C)s1)C1CCCCC1. The third kappa shape index (κ3) is 6.13. The molecule has 1 aliphatic carbocycles. The molecule has 0 N–H and O–H groups in total. The molecule has 29 heavy (non-hydrogen) atoms. The number of benzene rings is 1. The Bertz CT molecular complexity index is 828. The Hall–Kier alpha value is -2.21. The zero-order chi connectivity index (χ0) is 20.8. The summed E-state index contributed by atoms with van der Waals surface area (Å²) in [6.07, 6.45) is 5.35. The topological polar surface area (TPSA) is 40.6 Å². The Balaban J connectivity index is 1.76. The van der Waals surface area contributed by atoms with Crippen LogP contribution in [0.5, 0.6) is 0 Å². The van der Waals surface area contributed by atoms with Crippen molar-refractivity contribution in [2.45, 2.75) is 65.1 Å². The third-order valence-corrected chi connectivity index (χ3v) is 6.49. The minimum Gasteiger partial charge on any atom is -0.332 e. The molecule has 1 heterocycles. The van der Waals surface area contributed by atoms with Crippen LogP contribution >= 0.6 is 11.3 Å². The lowest BCUT2D eigenvalue weighted by Crippen LogP contribution is -2.47. The smallest absolute Gasteiger partial charge is 0.242 e. The highest BCUT2D eigenvalue weighted by atomic mass is 32.1. The molecule has 1 saturated carbocycles. The molecule has 2 aromatic rings. The van der Waals surface area contributed by atoms with Gasteiger partial charge in [0, 0.05) is 29.3 Å². The summed E-state index contributed by atoms with van der Waals surface area (Å²) in [6.45, 7) is 4.58. The molecule has 0 bridgehead atoms. The first-order valence-electron chi connectivity index (χ1n) is 10.3. The van der Waals surface area contributed by atoms with Gasteiger partial charge in [0.2, 0.25) is 11.8 Å². The first-order valence-corrected chi connectivity index (χ1v) is 11.1. The summed E-state index contributed by atoms with van der Waals surface area (Å²) >= 11 is 1.67. The van der Waals surface area contributed by atoms with E-state index in [1.54, 1.807) is 40.2 Å². The largest absolute Gasteiger partial charge is 0.332 e. The number of rotatable bonds is 7. The molecule has 156 valence electrons. The van der Waals surface area contributed by atoms with Crippen LogP contribution in [0, 0.1) is 12.7 Å². The van der Waals surface area contributed by atoms with Crippen molar-refractivity contribution in [3.05, 3.63) is 57.5 Å². The molecule has 0 atom stereocenters. The van der Waals surface area contributed by atoms with E-state index in [-0.39, 0.29) is 30.2 Å². The molecule has 2 amide bonds. The van der Waals surface area contributed by atoms with Crippen LogP contribution in [-0.4, -0.2) is 34.2 Å². The number of amides is 2.